The second kappa shape index (κ2) is 6.38. The second-order valence-corrected chi connectivity index (χ2v) is 6.30. The predicted molar refractivity (Wildman–Crippen MR) is 69.4 cm³/mol. The molecule has 2 atom stereocenters. The predicted octanol–water partition coefficient (Wildman–Crippen LogP) is 0.374. The Hall–Kier alpha value is 0.190. The standard InChI is InChI=1S/C12H23NO3S/c14-9-11(15)8-13-10-1-4-16-12(7-10)2-5-17-6-3-12/h10-11,13-15H,1-9H2. The van der Waals surface area contributed by atoms with Crippen LogP contribution in [0.15, 0.2) is 0 Å². The number of aliphatic hydroxyl groups excluding tert-OH is 2. The maximum Gasteiger partial charge on any atom is 0.0895 e. The lowest BCUT2D eigenvalue weighted by Crippen LogP contribution is -2.50. The van der Waals surface area contributed by atoms with Crippen LogP contribution in [0.3, 0.4) is 0 Å². The van der Waals surface area contributed by atoms with E-state index in [4.69, 9.17) is 9.84 Å². The van der Waals surface area contributed by atoms with Gasteiger partial charge >= 0.3 is 0 Å². The van der Waals surface area contributed by atoms with E-state index in [0.29, 0.717) is 12.6 Å². The Morgan fingerprint density at radius 2 is 2.18 bits per heavy atom. The lowest BCUT2D eigenvalue weighted by Gasteiger charge is -2.43. The van der Waals surface area contributed by atoms with Crippen LogP contribution >= 0.6 is 11.8 Å². The van der Waals surface area contributed by atoms with Gasteiger partial charge < -0.3 is 20.3 Å². The molecule has 0 aromatic heterocycles. The van der Waals surface area contributed by atoms with Gasteiger partial charge in [-0.25, -0.2) is 0 Å². The largest absolute Gasteiger partial charge is 0.394 e. The van der Waals surface area contributed by atoms with Gasteiger partial charge in [0.2, 0.25) is 0 Å². The molecule has 0 amide bonds. The Morgan fingerprint density at radius 1 is 1.41 bits per heavy atom. The van der Waals surface area contributed by atoms with Crippen LogP contribution in [0, 0.1) is 0 Å². The monoisotopic (exact) mass is 261 g/mol. The van der Waals surface area contributed by atoms with E-state index in [1.807, 2.05) is 11.8 Å². The summed E-state index contributed by atoms with van der Waals surface area (Å²) >= 11 is 2.01. The summed E-state index contributed by atoms with van der Waals surface area (Å²) in [6.45, 7) is 1.13. The van der Waals surface area contributed by atoms with E-state index in [1.54, 1.807) is 0 Å². The van der Waals surface area contributed by atoms with Crippen molar-refractivity contribution >= 4 is 11.8 Å². The van der Waals surface area contributed by atoms with Gasteiger partial charge in [0.25, 0.3) is 0 Å². The third-order valence-corrected chi connectivity index (χ3v) is 4.74. The smallest absolute Gasteiger partial charge is 0.0895 e. The number of ether oxygens (including phenoxy) is 1. The summed E-state index contributed by atoms with van der Waals surface area (Å²) in [7, 11) is 0. The third-order valence-electron chi connectivity index (χ3n) is 3.75. The summed E-state index contributed by atoms with van der Waals surface area (Å²) in [5, 5.41) is 21.5. The maximum atomic E-state index is 9.34. The number of rotatable bonds is 4. The zero-order chi connectivity index (χ0) is 12.1. The van der Waals surface area contributed by atoms with Crippen molar-refractivity contribution in [3.8, 4) is 0 Å². The van der Waals surface area contributed by atoms with Crippen LogP contribution in [0.2, 0.25) is 0 Å². The molecule has 0 radical (unpaired) electrons. The van der Waals surface area contributed by atoms with E-state index in [0.717, 1.165) is 32.3 Å². The summed E-state index contributed by atoms with van der Waals surface area (Å²) in [5.74, 6) is 2.40. The van der Waals surface area contributed by atoms with Crippen molar-refractivity contribution in [3.05, 3.63) is 0 Å². The lowest BCUT2D eigenvalue weighted by atomic mass is 9.85. The fourth-order valence-electron chi connectivity index (χ4n) is 2.66. The Labute approximate surface area is 107 Å². The maximum absolute atomic E-state index is 9.34. The second-order valence-electron chi connectivity index (χ2n) is 5.08. The van der Waals surface area contributed by atoms with E-state index >= 15 is 0 Å². The minimum absolute atomic E-state index is 0.0886. The summed E-state index contributed by atoms with van der Waals surface area (Å²) in [6.07, 6.45) is 3.71. The number of nitrogens with one attached hydrogen (secondary N) is 1. The average molecular weight is 261 g/mol. The Balaban J connectivity index is 1.79. The van der Waals surface area contributed by atoms with E-state index in [-0.39, 0.29) is 12.2 Å². The van der Waals surface area contributed by atoms with Gasteiger partial charge in [0, 0.05) is 19.2 Å². The highest BCUT2D eigenvalue weighted by atomic mass is 32.2. The van der Waals surface area contributed by atoms with Gasteiger partial charge in [0.1, 0.15) is 0 Å². The summed E-state index contributed by atoms with van der Waals surface area (Å²) in [4.78, 5) is 0. The van der Waals surface area contributed by atoms with Gasteiger partial charge in [0.05, 0.1) is 18.3 Å². The first kappa shape index (κ1) is 13.6. The molecule has 0 saturated carbocycles. The molecule has 3 N–H and O–H groups in total. The van der Waals surface area contributed by atoms with Crippen LogP contribution in [0.1, 0.15) is 25.7 Å². The molecule has 17 heavy (non-hydrogen) atoms. The molecule has 5 heteroatoms. The van der Waals surface area contributed by atoms with Gasteiger partial charge in [-0.15, -0.1) is 0 Å². The zero-order valence-electron chi connectivity index (χ0n) is 10.2. The van der Waals surface area contributed by atoms with Crippen molar-refractivity contribution in [2.24, 2.45) is 0 Å². The molecule has 2 fully saturated rings. The van der Waals surface area contributed by atoms with Crippen molar-refractivity contribution in [3.63, 3.8) is 0 Å². The Morgan fingerprint density at radius 3 is 2.88 bits per heavy atom. The molecular weight excluding hydrogens is 238 g/mol. The molecule has 2 aliphatic heterocycles. The minimum atomic E-state index is -0.643. The van der Waals surface area contributed by atoms with Crippen molar-refractivity contribution in [2.75, 3.05) is 31.3 Å². The first-order chi connectivity index (χ1) is 8.24. The van der Waals surface area contributed by atoms with Gasteiger partial charge in [0.15, 0.2) is 0 Å². The number of thioether (sulfide) groups is 1. The number of hydrogen-bond donors (Lipinski definition) is 3. The summed E-state index contributed by atoms with van der Waals surface area (Å²) < 4.78 is 6.00. The normalized spacial score (nSPS) is 30.4. The van der Waals surface area contributed by atoms with Crippen LogP contribution in [0.25, 0.3) is 0 Å². The molecule has 0 bridgehead atoms. The fraction of sp³-hybridized carbons (Fsp3) is 1.00. The Bertz CT molecular complexity index is 228. The molecule has 100 valence electrons. The quantitative estimate of drug-likeness (QED) is 0.683. The highest BCUT2D eigenvalue weighted by Crippen LogP contribution is 2.37. The van der Waals surface area contributed by atoms with Crippen LogP contribution < -0.4 is 5.32 Å². The van der Waals surface area contributed by atoms with Crippen molar-refractivity contribution < 1.29 is 14.9 Å². The Kier molecular flexibility index (Phi) is 5.11. The van der Waals surface area contributed by atoms with Gasteiger partial charge in [-0.1, -0.05) is 0 Å². The molecule has 2 heterocycles. The van der Waals surface area contributed by atoms with E-state index in [9.17, 15) is 5.11 Å². The van der Waals surface area contributed by atoms with Crippen LogP contribution in [0.5, 0.6) is 0 Å². The van der Waals surface area contributed by atoms with Gasteiger partial charge in [-0.05, 0) is 37.2 Å². The van der Waals surface area contributed by atoms with E-state index in [2.05, 4.69) is 5.32 Å². The van der Waals surface area contributed by atoms with Crippen molar-refractivity contribution in [2.45, 2.75) is 43.4 Å². The van der Waals surface area contributed by atoms with Crippen LogP contribution in [-0.4, -0.2) is 59.2 Å². The molecule has 0 aliphatic carbocycles. The van der Waals surface area contributed by atoms with Crippen LogP contribution in [-0.2, 0) is 4.74 Å². The van der Waals surface area contributed by atoms with E-state index < -0.39 is 6.10 Å². The number of aliphatic hydroxyl groups is 2. The minimum Gasteiger partial charge on any atom is -0.394 e. The molecule has 2 saturated heterocycles. The van der Waals surface area contributed by atoms with Gasteiger partial charge in [-0.2, -0.15) is 11.8 Å². The highest BCUT2D eigenvalue weighted by molar-refractivity contribution is 7.99. The molecule has 2 unspecified atom stereocenters. The molecule has 0 aromatic rings. The number of hydrogen-bond acceptors (Lipinski definition) is 5. The molecule has 2 rings (SSSR count). The topological polar surface area (TPSA) is 61.7 Å². The molecule has 1 spiro atoms. The molecule has 2 aliphatic rings. The van der Waals surface area contributed by atoms with Crippen molar-refractivity contribution in [1.29, 1.82) is 0 Å². The zero-order valence-corrected chi connectivity index (χ0v) is 11.0. The average Bonchev–Trinajstić information content (AvgIpc) is 2.37. The van der Waals surface area contributed by atoms with Gasteiger partial charge in [-0.3, -0.25) is 0 Å². The molecule has 0 aromatic carbocycles. The molecule has 4 nitrogen and oxygen atoms in total. The first-order valence-electron chi connectivity index (χ1n) is 6.48. The summed E-state index contributed by atoms with van der Waals surface area (Å²) in [6, 6.07) is 0.424. The van der Waals surface area contributed by atoms with Crippen LogP contribution in [0.4, 0.5) is 0 Å². The first-order valence-corrected chi connectivity index (χ1v) is 7.64. The van der Waals surface area contributed by atoms with Crippen molar-refractivity contribution in [1.82, 2.24) is 5.32 Å². The fourth-order valence-corrected chi connectivity index (χ4v) is 3.90. The summed E-state index contributed by atoms with van der Waals surface area (Å²) in [5.41, 5.74) is 0.0886. The third kappa shape index (κ3) is 3.83. The highest BCUT2D eigenvalue weighted by Gasteiger charge is 2.38. The lowest BCUT2D eigenvalue weighted by molar-refractivity contribution is -0.0940. The molecular formula is C12H23NO3S. The van der Waals surface area contributed by atoms with E-state index in [1.165, 1.54) is 11.5 Å². The SMILES string of the molecule is OCC(O)CNC1CCOC2(CCSCC2)C1.